The van der Waals surface area contributed by atoms with Gasteiger partial charge >= 0.3 is 6.09 Å². The van der Waals surface area contributed by atoms with Crippen molar-refractivity contribution in [3.63, 3.8) is 0 Å². The Hall–Kier alpha value is -3.76. The lowest BCUT2D eigenvalue weighted by Gasteiger charge is -2.30. The third kappa shape index (κ3) is 5.09. The van der Waals surface area contributed by atoms with E-state index in [-0.39, 0.29) is 5.91 Å². The lowest BCUT2D eigenvalue weighted by Crippen LogP contribution is -2.43. The van der Waals surface area contributed by atoms with Crippen LogP contribution in [0.15, 0.2) is 54.6 Å². The first-order valence-corrected chi connectivity index (χ1v) is 12.5. The molecule has 36 heavy (non-hydrogen) atoms. The van der Waals surface area contributed by atoms with E-state index >= 15 is 0 Å². The zero-order valence-electron chi connectivity index (χ0n) is 19.9. The van der Waals surface area contributed by atoms with Gasteiger partial charge in [0.25, 0.3) is 5.91 Å². The zero-order chi connectivity index (χ0) is 25.3. The predicted octanol–water partition coefficient (Wildman–Crippen LogP) is 5.25. The predicted molar refractivity (Wildman–Crippen MR) is 137 cm³/mol. The third-order valence-corrected chi connectivity index (χ3v) is 7.10. The van der Waals surface area contributed by atoms with Gasteiger partial charge in [-0.2, -0.15) is 5.10 Å². The van der Waals surface area contributed by atoms with E-state index in [9.17, 15) is 14.0 Å². The molecule has 0 spiro atoms. The van der Waals surface area contributed by atoms with Gasteiger partial charge in [0.1, 0.15) is 11.6 Å². The number of carbonyl (C=O) groups is 2. The molecular weight excluding hydrogens is 481 g/mol. The van der Waals surface area contributed by atoms with Gasteiger partial charge in [-0.15, -0.1) is 0 Å². The third-order valence-electron chi connectivity index (χ3n) is 6.19. The van der Waals surface area contributed by atoms with E-state index in [0.29, 0.717) is 32.2 Å². The highest BCUT2D eigenvalue weighted by Crippen LogP contribution is 2.35. The Labute approximate surface area is 211 Å². The molecule has 0 bridgehead atoms. The molecule has 186 valence electrons. The van der Waals surface area contributed by atoms with Crippen molar-refractivity contribution in [1.29, 1.82) is 0 Å². The average molecular weight is 508 g/mol. The number of hydrogen-bond acceptors (Lipinski definition) is 6. The molecule has 1 aliphatic rings. The molecule has 2 aromatic carbocycles. The summed E-state index contributed by atoms with van der Waals surface area (Å²) >= 11 is 1.15. The fourth-order valence-electron chi connectivity index (χ4n) is 4.09. The SMILES string of the molecule is CC(C)(NC(=O)Oc1cc2c(NC(=O)c3ccc(CN4CCC4)cc3)[nH]nc2s1)c1ccccc1F. The number of nitrogens with one attached hydrogen (secondary N) is 3. The molecule has 2 amide bonds. The van der Waals surface area contributed by atoms with Crippen LogP contribution in [0.3, 0.4) is 0 Å². The number of amides is 2. The lowest BCUT2D eigenvalue weighted by molar-refractivity contribution is 0.102. The monoisotopic (exact) mass is 507 g/mol. The first-order chi connectivity index (χ1) is 17.3. The van der Waals surface area contributed by atoms with Crippen LogP contribution in [0.25, 0.3) is 10.2 Å². The van der Waals surface area contributed by atoms with Gasteiger partial charge in [-0.3, -0.25) is 14.8 Å². The normalized spacial score (nSPS) is 13.9. The Morgan fingerprint density at radius 1 is 1.17 bits per heavy atom. The molecule has 5 rings (SSSR count). The summed E-state index contributed by atoms with van der Waals surface area (Å²) in [6, 6.07) is 15.4. The minimum atomic E-state index is -0.982. The molecule has 2 aromatic heterocycles. The van der Waals surface area contributed by atoms with Gasteiger partial charge in [-0.25, -0.2) is 9.18 Å². The number of aromatic amines is 1. The highest BCUT2D eigenvalue weighted by atomic mass is 32.1. The summed E-state index contributed by atoms with van der Waals surface area (Å²) in [5, 5.41) is 13.5. The summed E-state index contributed by atoms with van der Waals surface area (Å²) in [5.41, 5.74) is 1.07. The molecule has 10 heteroatoms. The van der Waals surface area contributed by atoms with Crippen LogP contribution < -0.4 is 15.4 Å². The molecule has 0 radical (unpaired) electrons. The van der Waals surface area contributed by atoms with Crippen LogP contribution in [0.1, 0.15) is 41.8 Å². The number of carbonyl (C=O) groups excluding carboxylic acids is 2. The van der Waals surface area contributed by atoms with E-state index in [1.54, 1.807) is 38.1 Å². The minimum absolute atomic E-state index is 0.269. The largest absolute Gasteiger partial charge is 0.414 e. The van der Waals surface area contributed by atoms with Crippen molar-refractivity contribution in [3.8, 4) is 5.06 Å². The average Bonchev–Trinajstić information content (AvgIpc) is 3.37. The van der Waals surface area contributed by atoms with Crippen molar-refractivity contribution in [2.45, 2.75) is 32.4 Å². The molecule has 3 N–H and O–H groups in total. The Morgan fingerprint density at radius 3 is 2.61 bits per heavy atom. The first-order valence-electron chi connectivity index (χ1n) is 11.6. The van der Waals surface area contributed by atoms with Crippen LogP contribution in [-0.2, 0) is 12.1 Å². The number of hydrogen-bond donors (Lipinski definition) is 3. The smallest absolute Gasteiger partial charge is 0.399 e. The van der Waals surface area contributed by atoms with Crippen molar-refractivity contribution in [3.05, 3.63) is 77.1 Å². The van der Waals surface area contributed by atoms with Crippen molar-refractivity contribution in [2.24, 2.45) is 0 Å². The van der Waals surface area contributed by atoms with Gasteiger partial charge < -0.3 is 15.4 Å². The summed E-state index contributed by atoms with van der Waals surface area (Å²) in [7, 11) is 0. The number of nitrogens with zero attached hydrogens (tertiary/aromatic N) is 2. The van der Waals surface area contributed by atoms with E-state index in [0.717, 1.165) is 31.0 Å². The number of thiophene rings is 1. The van der Waals surface area contributed by atoms with Crippen molar-refractivity contribution in [2.75, 3.05) is 18.4 Å². The molecule has 4 aromatic rings. The van der Waals surface area contributed by atoms with E-state index in [1.807, 2.05) is 24.3 Å². The maximum Gasteiger partial charge on any atom is 0.414 e. The van der Waals surface area contributed by atoms with Gasteiger partial charge in [0.05, 0.1) is 10.9 Å². The fraction of sp³-hybridized carbons (Fsp3) is 0.269. The van der Waals surface area contributed by atoms with Crippen molar-refractivity contribution in [1.82, 2.24) is 20.4 Å². The fourth-order valence-corrected chi connectivity index (χ4v) is 4.93. The summed E-state index contributed by atoms with van der Waals surface area (Å²) in [6.07, 6.45) is 0.519. The Balaban J connectivity index is 1.23. The van der Waals surface area contributed by atoms with Crippen LogP contribution in [0.5, 0.6) is 5.06 Å². The summed E-state index contributed by atoms with van der Waals surface area (Å²) in [4.78, 5) is 28.2. The number of halogens is 1. The number of rotatable bonds is 7. The second kappa shape index (κ2) is 9.71. The van der Waals surface area contributed by atoms with Crippen LogP contribution in [0.2, 0.25) is 0 Å². The van der Waals surface area contributed by atoms with E-state index < -0.39 is 17.4 Å². The molecule has 0 atom stereocenters. The molecular formula is C26H26FN5O3S. The van der Waals surface area contributed by atoms with Crippen LogP contribution in [-0.4, -0.2) is 40.2 Å². The molecule has 0 saturated carbocycles. The molecule has 1 fully saturated rings. The maximum atomic E-state index is 14.2. The minimum Gasteiger partial charge on any atom is -0.399 e. The number of anilines is 1. The number of ether oxygens (including phenoxy) is 1. The van der Waals surface area contributed by atoms with Crippen LogP contribution in [0, 0.1) is 5.82 Å². The topological polar surface area (TPSA) is 99.4 Å². The summed E-state index contributed by atoms with van der Waals surface area (Å²) < 4.78 is 19.6. The number of benzene rings is 2. The maximum absolute atomic E-state index is 14.2. The second-order valence-electron chi connectivity index (χ2n) is 9.28. The van der Waals surface area contributed by atoms with Crippen LogP contribution >= 0.6 is 11.3 Å². The first kappa shape index (κ1) is 24.0. The van der Waals surface area contributed by atoms with E-state index in [1.165, 1.54) is 18.1 Å². The molecule has 0 unspecified atom stereocenters. The van der Waals surface area contributed by atoms with Gasteiger partial charge in [0, 0.05) is 23.7 Å². The summed E-state index contributed by atoms with van der Waals surface area (Å²) in [6.45, 7) is 6.52. The molecule has 1 aliphatic heterocycles. The molecule has 1 saturated heterocycles. The van der Waals surface area contributed by atoms with Gasteiger partial charge in [0.2, 0.25) is 0 Å². The highest BCUT2D eigenvalue weighted by Gasteiger charge is 2.27. The molecule has 3 heterocycles. The number of fused-ring (bicyclic) bond motifs is 1. The number of likely N-dealkylation sites (tertiary alicyclic amines) is 1. The Morgan fingerprint density at radius 2 is 1.92 bits per heavy atom. The lowest BCUT2D eigenvalue weighted by atomic mass is 9.94. The number of H-pyrrole nitrogens is 1. The molecule has 0 aliphatic carbocycles. The van der Waals surface area contributed by atoms with Gasteiger partial charge in [-0.1, -0.05) is 41.7 Å². The van der Waals surface area contributed by atoms with E-state index in [2.05, 4.69) is 25.7 Å². The van der Waals surface area contributed by atoms with Crippen LogP contribution in [0.4, 0.5) is 15.0 Å². The van der Waals surface area contributed by atoms with Crippen molar-refractivity contribution < 1.29 is 18.7 Å². The highest BCUT2D eigenvalue weighted by molar-refractivity contribution is 7.20. The van der Waals surface area contributed by atoms with Crippen molar-refractivity contribution >= 4 is 39.4 Å². The summed E-state index contributed by atoms with van der Waals surface area (Å²) in [5.74, 6) is -0.268. The Bertz CT molecular complexity index is 1410. The van der Waals surface area contributed by atoms with Gasteiger partial charge in [0.15, 0.2) is 9.89 Å². The zero-order valence-corrected chi connectivity index (χ0v) is 20.7. The quantitative estimate of drug-likeness (QED) is 0.318. The standard InChI is InChI=1S/C26H26FN5O3S/c1-26(2,19-6-3-4-7-20(19)27)29-25(34)35-21-14-18-22(30-31-24(18)36-21)28-23(33)17-10-8-16(9-11-17)15-32-12-5-13-32/h3-4,6-11,14H,5,12-13,15H2,1-2H3,(H,29,34)(H2,28,30,31,33). The Kier molecular flexibility index (Phi) is 6.46. The number of aromatic nitrogens is 2. The van der Waals surface area contributed by atoms with Gasteiger partial charge in [-0.05, 0) is 57.1 Å². The molecule has 8 nitrogen and oxygen atoms in total. The second-order valence-corrected chi connectivity index (χ2v) is 10.3. The van der Waals surface area contributed by atoms with E-state index in [4.69, 9.17) is 4.74 Å².